The molecular weight excluding hydrogens is 200 g/mol. The van der Waals surface area contributed by atoms with Crippen molar-refractivity contribution in [1.29, 1.82) is 0 Å². The summed E-state index contributed by atoms with van der Waals surface area (Å²) < 4.78 is 0. The lowest BCUT2D eigenvalue weighted by molar-refractivity contribution is -0.137. The van der Waals surface area contributed by atoms with E-state index in [-0.39, 0.29) is 12.2 Å². The predicted octanol–water partition coefficient (Wildman–Crippen LogP) is 2.35. The normalized spacial score (nSPS) is 29.2. The van der Waals surface area contributed by atoms with Gasteiger partial charge in [0.15, 0.2) is 11.4 Å². The number of rotatable bonds is 1. The van der Waals surface area contributed by atoms with E-state index < -0.39 is 5.60 Å². The van der Waals surface area contributed by atoms with E-state index in [1.807, 2.05) is 36.4 Å². The summed E-state index contributed by atoms with van der Waals surface area (Å²) in [5.74, 6) is -0.153. The number of allylic oxidation sites excluding steroid dienone is 3. The van der Waals surface area contributed by atoms with Crippen LogP contribution in [-0.2, 0) is 10.4 Å². The molecule has 82 valence electrons. The zero-order chi connectivity index (χ0) is 11.4. The van der Waals surface area contributed by atoms with Crippen molar-refractivity contribution in [3.63, 3.8) is 0 Å². The van der Waals surface area contributed by atoms with E-state index in [0.29, 0.717) is 12.0 Å². The molecule has 1 aromatic carbocycles. The van der Waals surface area contributed by atoms with Gasteiger partial charge in [-0.25, -0.2) is 0 Å². The van der Waals surface area contributed by atoms with Crippen molar-refractivity contribution < 1.29 is 9.90 Å². The van der Waals surface area contributed by atoms with Gasteiger partial charge >= 0.3 is 0 Å². The van der Waals surface area contributed by atoms with E-state index >= 15 is 0 Å². The summed E-state index contributed by atoms with van der Waals surface area (Å²) in [5.41, 5.74) is -0.706. The topological polar surface area (TPSA) is 37.3 Å². The fourth-order valence-corrected chi connectivity index (χ4v) is 1.85. The smallest absolute Gasteiger partial charge is 0.172 e. The number of carbonyl (C=O) groups excluding carboxylic acids is 1. The van der Waals surface area contributed by atoms with Crippen molar-refractivity contribution in [2.24, 2.45) is 0 Å². The molecule has 2 heteroatoms. The van der Waals surface area contributed by atoms with Gasteiger partial charge in [0.1, 0.15) is 0 Å². The first-order valence-electron chi connectivity index (χ1n) is 5.36. The van der Waals surface area contributed by atoms with Crippen LogP contribution in [0.5, 0.6) is 0 Å². The lowest BCUT2D eigenvalue weighted by atomic mass is 9.84. The number of carbonyl (C=O) groups is 1. The maximum absolute atomic E-state index is 12.0. The number of hydrogen-bond donors (Lipinski definition) is 1. The maximum atomic E-state index is 12.0. The zero-order valence-corrected chi connectivity index (χ0v) is 8.97. The van der Waals surface area contributed by atoms with Gasteiger partial charge in [0.2, 0.25) is 0 Å². The van der Waals surface area contributed by atoms with Crippen LogP contribution in [-0.4, -0.2) is 10.9 Å². The van der Waals surface area contributed by atoms with E-state index in [1.165, 1.54) is 0 Å². The summed E-state index contributed by atoms with van der Waals surface area (Å²) in [6.07, 6.45) is 7.89. The van der Waals surface area contributed by atoms with Crippen LogP contribution in [0.2, 0.25) is 0 Å². The SMILES string of the molecule is O=C1C/C=C\C=C/C[C@]1(O)c1ccccc1. The van der Waals surface area contributed by atoms with Crippen molar-refractivity contribution in [3.8, 4) is 0 Å². The summed E-state index contributed by atoms with van der Waals surface area (Å²) in [4.78, 5) is 12.0. The standard InChI is InChI=1S/C14H14O2/c15-13-10-6-1-2-7-11-14(13,16)12-8-4-3-5-9-12/h1-9,16H,10-11H2/b6-1-,7-2-/t14-/m0/s1. The molecule has 0 radical (unpaired) electrons. The molecule has 0 bridgehead atoms. The second kappa shape index (κ2) is 4.45. The Hall–Kier alpha value is -1.67. The summed E-state index contributed by atoms with van der Waals surface area (Å²) in [5, 5.41) is 10.5. The average Bonchev–Trinajstić information content (AvgIpc) is 2.32. The van der Waals surface area contributed by atoms with Crippen LogP contribution < -0.4 is 0 Å². The Bertz CT molecular complexity index is 431. The fraction of sp³-hybridized carbons (Fsp3) is 0.214. The number of ketones is 1. The summed E-state index contributed by atoms with van der Waals surface area (Å²) >= 11 is 0. The third-order valence-electron chi connectivity index (χ3n) is 2.81. The van der Waals surface area contributed by atoms with Gasteiger partial charge in [-0.3, -0.25) is 4.79 Å². The van der Waals surface area contributed by atoms with Gasteiger partial charge in [0.05, 0.1) is 0 Å². The second-order valence-electron chi connectivity index (χ2n) is 3.91. The molecule has 1 N–H and O–H groups in total. The van der Waals surface area contributed by atoms with Crippen LogP contribution in [0.15, 0.2) is 54.6 Å². The molecule has 0 aromatic heterocycles. The Morgan fingerprint density at radius 3 is 2.50 bits per heavy atom. The molecule has 1 aromatic rings. The largest absolute Gasteiger partial charge is 0.377 e. The number of benzene rings is 1. The van der Waals surface area contributed by atoms with Crippen LogP contribution >= 0.6 is 0 Å². The maximum Gasteiger partial charge on any atom is 0.172 e. The quantitative estimate of drug-likeness (QED) is 0.779. The lowest BCUT2D eigenvalue weighted by Crippen LogP contribution is -2.35. The number of Topliss-reactive ketones (excluding diaryl/α,β-unsaturated/α-hetero) is 1. The highest BCUT2D eigenvalue weighted by atomic mass is 16.3. The molecule has 16 heavy (non-hydrogen) atoms. The van der Waals surface area contributed by atoms with Crippen molar-refractivity contribution >= 4 is 5.78 Å². The van der Waals surface area contributed by atoms with Gasteiger partial charge in [-0.15, -0.1) is 0 Å². The highest BCUT2D eigenvalue weighted by Crippen LogP contribution is 2.28. The molecule has 0 aliphatic heterocycles. The van der Waals surface area contributed by atoms with Crippen LogP contribution in [0.3, 0.4) is 0 Å². The first kappa shape index (κ1) is 10.8. The third kappa shape index (κ3) is 1.97. The Balaban J connectivity index is 2.39. The average molecular weight is 214 g/mol. The van der Waals surface area contributed by atoms with Crippen molar-refractivity contribution in [3.05, 3.63) is 60.2 Å². The van der Waals surface area contributed by atoms with Gasteiger partial charge in [0.25, 0.3) is 0 Å². The van der Waals surface area contributed by atoms with Gasteiger partial charge in [0, 0.05) is 12.8 Å². The molecule has 1 aliphatic carbocycles. The van der Waals surface area contributed by atoms with E-state index in [1.54, 1.807) is 18.2 Å². The van der Waals surface area contributed by atoms with Crippen molar-refractivity contribution in [1.82, 2.24) is 0 Å². The van der Waals surface area contributed by atoms with Gasteiger partial charge < -0.3 is 5.11 Å². The second-order valence-corrected chi connectivity index (χ2v) is 3.91. The molecule has 0 saturated heterocycles. The Morgan fingerprint density at radius 2 is 1.75 bits per heavy atom. The molecule has 0 heterocycles. The lowest BCUT2D eigenvalue weighted by Gasteiger charge is -2.26. The predicted molar refractivity (Wildman–Crippen MR) is 62.9 cm³/mol. The first-order chi connectivity index (χ1) is 7.73. The molecule has 2 rings (SSSR count). The monoisotopic (exact) mass is 214 g/mol. The number of hydrogen-bond acceptors (Lipinski definition) is 2. The molecular formula is C14H14O2. The van der Waals surface area contributed by atoms with Crippen LogP contribution in [0, 0.1) is 0 Å². The molecule has 0 amide bonds. The van der Waals surface area contributed by atoms with E-state index in [4.69, 9.17) is 0 Å². The van der Waals surface area contributed by atoms with Crippen LogP contribution in [0.1, 0.15) is 18.4 Å². The molecule has 0 saturated carbocycles. The van der Waals surface area contributed by atoms with Crippen molar-refractivity contribution in [2.45, 2.75) is 18.4 Å². The molecule has 0 fully saturated rings. The minimum atomic E-state index is -1.37. The Labute approximate surface area is 94.9 Å². The molecule has 0 spiro atoms. The molecule has 1 aliphatic rings. The summed E-state index contributed by atoms with van der Waals surface area (Å²) in [6.45, 7) is 0. The fourth-order valence-electron chi connectivity index (χ4n) is 1.85. The highest BCUT2D eigenvalue weighted by molar-refractivity contribution is 5.89. The minimum Gasteiger partial charge on any atom is -0.377 e. The first-order valence-corrected chi connectivity index (χ1v) is 5.36. The van der Waals surface area contributed by atoms with E-state index in [9.17, 15) is 9.90 Å². The van der Waals surface area contributed by atoms with Gasteiger partial charge in [-0.2, -0.15) is 0 Å². The van der Waals surface area contributed by atoms with E-state index in [0.717, 1.165) is 0 Å². The van der Waals surface area contributed by atoms with Gasteiger partial charge in [-0.05, 0) is 5.56 Å². The third-order valence-corrected chi connectivity index (χ3v) is 2.81. The zero-order valence-electron chi connectivity index (χ0n) is 8.97. The Morgan fingerprint density at radius 1 is 1.06 bits per heavy atom. The van der Waals surface area contributed by atoms with E-state index in [2.05, 4.69) is 0 Å². The van der Waals surface area contributed by atoms with Crippen molar-refractivity contribution in [2.75, 3.05) is 0 Å². The minimum absolute atomic E-state index is 0.153. The molecule has 2 nitrogen and oxygen atoms in total. The summed E-state index contributed by atoms with van der Waals surface area (Å²) in [6, 6.07) is 9.11. The van der Waals surface area contributed by atoms with Crippen LogP contribution in [0.4, 0.5) is 0 Å². The summed E-state index contributed by atoms with van der Waals surface area (Å²) in [7, 11) is 0. The van der Waals surface area contributed by atoms with Gasteiger partial charge in [-0.1, -0.05) is 54.6 Å². The highest BCUT2D eigenvalue weighted by Gasteiger charge is 2.35. The molecule has 0 unspecified atom stereocenters. The Kier molecular flexibility index (Phi) is 3.02. The molecule has 1 atom stereocenters. The van der Waals surface area contributed by atoms with Crippen LogP contribution in [0.25, 0.3) is 0 Å². The number of aliphatic hydroxyl groups is 1.